The van der Waals surface area contributed by atoms with Crippen LogP contribution in [0.3, 0.4) is 0 Å². The van der Waals surface area contributed by atoms with Crippen LogP contribution < -0.4 is 0 Å². The molecule has 0 bridgehead atoms. The molecule has 1 aromatic carbocycles. The topological polar surface area (TPSA) is 30.7 Å². The molecule has 0 saturated carbocycles. The summed E-state index contributed by atoms with van der Waals surface area (Å²) < 4.78 is 16.4. The van der Waals surface area contributed by atoms with Gasteiger partial charge in [0.25, 0.3) is 0 Å². The maximum atomic E-state index is 13.9. The normalized spacial score (nSPS) is 12.8. The number of hydrogen-bond acceptors (Lipinski definition) is 2. The highest BCUT2D eigenvalue weighted by molar-refractivity contribution is 14.1. The fourth-order valence-electron chi connectivity index (χ4n) is 2.42. The minimum absolute atomic E-state index is 0.0654. The summed E-state index contributed by atoms with van der Waals surface area (Å²) in [6, 6.07) is 8.93. The summed E-state index contributed by atoms with van der Waals surface area (Å²) in [7, 11) is 0. The lowest BCUT2D eigenvalue weighted by Gasteiger charge is -2.16. The predicted octanol–water partition coefficient (Wildman–Crippen LogP) is 4.52. The molecule has 2 heterocycles. The zero-order chi connectivity index (χ0) is 15.0. The van der Waals surface area contributed by atoms with Gasteiger partial charge in [-0.05, 0) is 47.7 Å². The smallest absolute Gasteiger partial charge is 0.138 e. The molecule has 0 saturated heterocycles. The second-order valence-corrected chi connectivity index (χ2v) is 6.15. The summed E-state index contributed by atoms with van der Waals surface area (Å²) in [5.41, 5.74) is 2.38. The van der Waals surface area contributed by atoms with Crippen molar-refractivity contribution in [1.29, 1.82) is 0 Å². The van der Waals surface area contributed by atoms with Gasteiger partial charge in [0.05, 0.1) is 32.2 Å². The van der Waals surface area contributed by atoms with E-state index < -0.39 is 0 Å². The molecule has 6 heteroatoms. The Hall–Kier alpha value is -1.21. The zero-order valence-corrected chi connectivity index (χ0v) is 14.1. The summed E-state index contributed by atoms with van der Waals surface area (Å²) >= 11 is 7.98. The first kappa shape index (κ1) is 14.7. The van der Waals surface area contributed by atoms with E-state index in [1.165, 1.54) is 6.07 Å². The molecule has 21 heavy (non-hydrogen) atoms. The van der Waals surface area contributed by atoms with E-state index in [1.807, 2.05) is 52.3 Å². The van der Waals surface area contributed by atoms with Gasteiger partial charge in [0, 0.05) is 12.3 Å². The highest BCUT2D eigenvalue weighted by Crippen LogP contribution is 2.28. The van der Waals surface area contributed by atoms with Crippen molar-refractivity contribution in [3.8, 4) is 0 Å². The van der Waals surface area contributed by atoms with Crippen molar-refractivity contribution in [2.24, 2.45) is 0 Å². The lowest BCUT2D eigenvalue weighted by atomic mass is 10.2. The summed E-state index contributed by atoms with van der Waals surface area (Å²) in [5, 5.41) is 0. The molecule has 1 atom stereocenters. The van der Waals surface area contributed by atoms with E-state index in [0.717, 1.165) is 16.7 Å². The predicted molar refractivity (Wildman–Crippen MR) is 90.0 cm³/mol. The number of nitrogens with zero attached hydrogens (tertiary/aromatic N) is 3. The highest BCUT2D eigenvalue weighted by atomic mass is 127. The number of benzene rings is 1. The summed E-state index contributed by atoms with van der Waals surface area (Å²) in [6.07, 6.45) is 1.74. The van der Waals surface area contributed by atoms with E-state index in [1.54, 1.807) is 12.3 Å². The van der Waals surface area contributed by atoms with E-state index in [9.17, 15) is 4.39 Å². The third-order valence-corrected chi connectivity index (χ3v) is 4.49. The number of imidazole rings is 1. The first-order chi connectivity index (χ1) is 10.1. The Morgan fingerprint density at radius 2 is 2.19 bits per heavy atom. The Kier molecular flexibility index (Phi) is 4.12. The standard InChI is InChI=1S/C15H12ClFIN3/c1-9(12-4-2-3-5-19-12)21-14-6-10(17)11(18)7-13(14)20-15(21)8-16/h2-7,9H,8H2,1H3. The highest BCUT2D eigenvalue weighted by Gasteiger charge is 2.19. The maximum absolute atomic E-state index is 13.9. The Bertz CT molecular complexity index is 788. The Labute approximate surface area is 140 Å². The van der Waals surface area contributed by atoms with Crippen molar-refractivity contribution in [3.63, 3.8) is 0 Å². The summed E-state index contributed by atoms with van der Waals surface area (Å²) in [6.45, 7) is 2.01. The van der Waals surface area contributed by atoms with Gasteiger partial charge in [-0.15, -0.1) is 11.6 Å². The SMILES string of the molecule is CC(c1ccccn1)n1c(CCl)nc2cc(I)c(F)cc21. The van der Waals surface area contributed by atoms with Crippen LogP contribution in [0.25, 0.3) is 11.0 Å². The van der Waals surface area contributed by atoms with Gasteiger partial charge in [0.15, 0.2) is 0 Å². The average Bonchev–Trinajstić information content (AvgIpc) is 2.85. The van der Waals surface area contributed by atoms with Gasteiger partial charge in [-0.2, -0.15) is 0 Å². The quantitative estimate of drug-likeness (QED) is 0.465. The molecule has 0 aliphatic rings. The van der Waals surface area contributed by atoms with Crippen LogP contribution in [0.5, 0.6) is 0 Å². The molecule has 3 nitrogen and oxygen atoms in total. The fourth-order valence-corrected chi connectivity index (χ4v) is 3.06. The average molecular weight is 416 g/mol. The van der Waals surface area contributed by atoms with Gasteiger partial charge in [-0.3, -0.25) is 4.98 Å². The summed E-state index contributed by atoms with van der Waals surface area (Å²) in [4.78, 5) is 8.88. The molecule has 3 aromatic rings. The van der Waals surface area contributed by atoms with Gasteiger partial charge < -0.3 is 4.57 Å². The lowest BCUT2D eigenvalue weighted by molar-refractivity contribution is 0.606. The van der Waals surface area contributed by atoms with E-state index in [4.69, 9.17) is 11.6 Å². The molecule has 3 rings (SSSR count). The van der Waals surface area contributed by atoms with Crippen LogP contribution in [0, 0.1) is 9.39 Å². The molecule has 0 amide bonds. The Morgan fingerprint density at radius 1 is 1.38 bits per heavy atom. The largest absolute Gasteiger partial charge is 0.318 e. The number of aromatic nitrogens is 3. The molecular formula is C15H12ClFIN3. The molecule has 1 unspecified atom stereocenters. The summed E-state index contributed by atoms with van der Waals surface area (Å²) in [5.74, 6) is 0.731. The van der Waals surface area contributed by atoms with Crippen LogP contribution in [-0.2, 0) is 5.88 Å². The van der Waals surface area contributed by atoms with E-state index in [-0.39, 0.29) is 17.7 Å². The van der Waals surface area contributed by atoms with Crippen LogP contribution in [0.4, 0.5) is 4.39 Å². The molecule has 0 aliphatic heterocycles. The molecule has 0 radical (unpaired) electrons. The van der Waals surface area contributed by atoms with Crippen LogP contribution in [0.2, 0.25) is 0 Å². The fraction of sp³-hybridized carbons (Fsp3) is 0.200. The molecule has 108 valence electrons. The minimum Gasteiger partial charge on any atom is -0.318 e. The van der Waals surface area contributed by atoms with Gasteiger partial charge in [0.1, 0.15) is 11.6 Å². The molecule has 0 aliphatic carbocycles. The third kappa shape index (κ3) is 2.64. The van der Waals surface area contributed by atoms with Crippen LogP contribution in [0.1, 0.15) is 24.5 Å². The number of rotatable bonds is 3. The minimum atomic E-state index is -0.251. The second kappa shape index (κ2) is 5.88. The molecular weight excluding hydrogens is 404 g/mol. The van der Waals surface area contributed by atoms with Gasteiger partial charge in [-0.1, -0.05) is 6.07 Å². The number of halogens is 3. The van der Waals surface area contributed by atoms with Crippen molar-refractivity contribution < 1.29 is 4.39 Å². The van der Waals surface area contributed by atoms with Crippen LogP contribution >= 0.6 is 34.2 Å². The number of hydrogen-bond donors (Lipinski definition) is 0. The van der Waals surface area contributed by atoms with Gasteiger partial charge in [0.2, 0.25) is 0 Å². The molecule has 0 N–H and O–H groups in total. The lowest BCUT2D eigenvalue weighted by Crippen LogP contribution is -2.11. The van der Waals surface area contributed by atoms with Crippen molar-refractivity contribution in [1.82, 2.24) is 14.5 Å². The maximum Gasteiger partial charge on any atom is 0.138 e. The molecule has 0 fully saturated rings. The number of fused-ring (bicyclic) bond motifs is 1. The monoisotopic (exact) mass is 415 g/mol. The first-order valence-corrected chi connectivity index (χ1v) is 8.06. The van der Waals surface area contributed by atoms with Gasteiger partial charge >= 0.3 is 0 Å². The van der Waals surface area contributed by atoms with Crippen molar-refractivity contribution in [3.05, 3.63) is 57.4 Å². The molecule has 0 spiro atoms. The van der Waals surface area contributed by atoms with E-state index in [2.05, 4.69) is 9.97 Å². The van der Waals surface area contributed by atoms with Crippen molar-refractivity contribution in [2.45, 2.75) is 18.8 Å². The van der Waals surface area contributed by atoms with Crippen molar-refractivity contribution in [2.75, 3.05) is 0 Å². The number of pyridine rings is 1. The van der Waals surface area contributed by atoms with Gasteiger partial charge in [-0.25, -0.2) is 9.37 Å². The zero-order valence-electron chi connectivity index (χ0n) is 11.2. The van der Waals surface area contributed by atoms with E-state index in [0.29, 0.717) is 9.39 Å². The Balaban J connectivity index is 2.23. The van der Waals surface area contributed by atoms with Crippen LogP contribution in [-0.4, -0.2) is 14.5 Å². The third-order valence-electron chi connectivity index (χ3n) is 3.43. The van der Waals surface area contributed by atoms with Crippen molar-refractivity contribution >= 4 is 45.2 Å². The first-order valence-electron chi connectivity index (χ1n) is 6.44. The van der Waals surface area contributed by atoms with Crippen LogP contribution in [0.15, 0.2) is 36.5 Å². The Morgan fingerprint density at radius 3 is 2.86 bits per heavy atom. The van der Waals surface area contributed by atoms with E-state index >= 15 is 0 Å². The molecule has 2 aromatic heterocycles. The number of alkyl halides is 1. The second-order valence-electron chi connectivity index (χ2n) is 4.72.